The number of nitrogens with one attached hydrogen (secondary N) is 2. The molecule has 0 radical (unpaired) electrons. The molecule has 1 saturated carbocycles. The molecule has 0 aromatic rings. The zero-order valence-corrected chi connectivity index (χ0v) is 14.1. The van der Waals surface area contributed by atoms with Crippen LogP contribution in [0.3, 0.4) is 0 Å². The Morgan fingerprint density at radius 2 is 1.82 bits per heavy atom. The molecule has 4 unspecified atom stereocenters. The van der Waals surface area contributed by atoms with Crippen LogP contribution in [0, 0.1) is 5.92 Å². The SMILES string of the molecule is CN=C(NCC1CCCC1O)NC1CC2CCCC(C1)N2C. The molecule has 4 atom stereocenters. The number of aliphatic hydroxyl groups is 1. The number of piperidine rings is 2. The van der Waals surface area contributed by atoms with Gasteiger partial charge in [0.1, 0.15) is 0 Å². The van der Waals surface area contributed by atoms with E-state index in [1.807, 2.05) is 7.05 Å². The number of aliphatic hydroxyl groups excluding tert-OH is 1. The van der Waals surface area contributed by atoms with Crippen molar-refractivity contribution in [2.75, 3.05) is 20.6 Å². The lowest BCUT2D eigenvalue weighted by atomic mass is 9.82. The highest BCUT2D eigenvalue weighted by atomic mass is 16.3. The fourth-order valence-corrected chi connectivity index (χ4v) is 4.60. The molecule has 2 heterocycles. The molecule has 1 aliphatic carbocycles. The Kier molecular flexibility index (Phi) is 5.24. The van der Waals surface area contributed by atoms with Gasteiger partial charge in [0.2, 0.25) is 0 Å². The maximum atomic E-state index is 9.93. The standard InChI is InChI=1S/C17H32N4O/c1-18-17(19-11-12-5-3-8-16(12)22)20-13-9-14-6-4-7-15(10-13)21(14)2/h12-16,22H,3-11H2,1-2H3,(H2,18,19,20). The Morgan fingerprint density at radius 3 is 2.41 bits per heavy atom. The molecule has 22 heavy (non-hydrogen) atoms. The van der Waals surface area contributed by atoms with Gasteiger partial charge in [-0.3, -0.25) is 4.99 Å². The van der Waals surface area contributed by atoms with Gasteiger partial charge in [0.25, 0.3) is 0 Å². The summed E-state index contributed by atoms with van der Waals surface area (Å²) in [6.45, 7) is 0.834. The second-order valence-corrected chi connectivity index (χ2v) is 7.43. The van der Waals surface area contributed by atoms with Crippen molar-refractivity contribution < 1.29 is 5.11 Å². The van der Waals surface area contributed by atoms with Crippen molar-refractivity contribution in [3.05, 3.63) is 0 Å². The molecule has 3 N–H and O–H groups in total. The summed E-state index contributed by atoms with van der Waals surface area (Å²) in [5.74, 6) is 1.29. The van der Waals surface area contributed by atoms with E-state index in [9.17, 15) is 5.11 Å². The summed E-state index contributed by atoms with van der Waals surface area (Å²) in [4.78, 5) is 6.97. The summed E-state index contributed by atoms with van der Waals surface area (Å²) in [5.41, 5.74) is 0. The molecule has 2 saturated heterocycles. The number of guanidine groups is 1. The largest absolute Gasteiger partial charge is 0.393 e. The summed E-state index contributed by atoms with van der Waals surface area (Å²) in [5, 5.41) is 17.0. The summed E-state index contributed by atoms with van der Waals surface area (Å²) in [6.07, 6.45) is 9.61. The average Bonchev–Trinajstić information content (AvgIpc) is 2.89. The molecular weight excluding hydrogens is 276 g/mol. The first-order valence-corrected chi connectivity index (χ1v) is 9.04. The van der Waals surface area contributed by atoms with E-state index in [4.69, 9.17) is 0 Å². The normalized spacial score (nSPS) is 39.8. The fourth-order valence-electron chi connectivity index (χ4n) is 4.60. The second kappa shape index (κ2) is 7.18. The molecule has 2 aliphatic heterocycles. The predicted molar refractivity (Wildman–Crippen MR) is 90.1 cm³/mol. The molecule has 0 aromatic heterocycles. The Bertz CT molecular complexity index is 386. The molecule has 5 heteroatoms. The summed E-state index contributed by atoms with van der Waals surface area (Å²) < 4.78 is 0. The van der Waals surface area contributed by atoms with Crippen molar-refractivity contribution in [1.29, 1.82) is 0 Å². The molecule has 5 nitrogen and oxygen atoms in total. The van der Waals surface area contributed by atoms with Crippen LogP contribution in [0.1, 0.15) is 51.4 Å². The van der Waals surface area contributed by atoms with Crippen LogP contribution in [-0.2, 0) is 0 Å². The molecule has 0 aromatic carbocycles. The van der Waals surface area contributed by atoms with E-state index >= 15 is 0 Å². The van der Waals surface area contributed by atoms with Crippen molar-refractivity contribution in [2.45, 2.75) is 75.6 Å². The minimum atomic E-state index is -0.131. The third kappa shape index (κ3) is 3.57. The zero-order valence-electron chi connectivity index (χ0n) is 14.1. The minimum Gasteiger partial charge on any atom is -0.393 e. The predicted octanol–water partition coefficient (Wildman–Crippen LogP) is 1.33. The lowest BCUT2D eigenvalue weighted by molar-refractivity contribution is 0.0526. The molecule has 3 fully saturated rings. The van der Waals surface area contributed by atoms with Crippen molar-refractivity contribution >= 4 is 5.96 Å². The molecule has 2 bridgehead atoms. The van der Waals surface area contributed by atoms with E-state index in [0.29, 0.717) is 12.0 Å². The van der Waals surface area contributed by atoms with Crippen LogP contribution in [0.25, 0.3) is 0 Å². The van der Waals surface area contributed by atoms with E-state index in [0.717, 1.165) is 43.9 Å². The van der Waals surface area contributed by atoms with E-state index in [2.05, 4.69) is 27.6 Å². The highest BCUT2D eigenvalue weighted by Gasteiger charge is 2.36. The molecular formula is C17H32N4O. The minimum absolute atomic E-state index is 0.131. The van der Waals surface area contributed by atoms with Crippen LogP contribution in [0.4, 0.5) is 0 Å². The summed E-state index contributed by atoms with van der Waals surface area (Å²) >= 11 is 0. The molecule has 3 aliphatic rings. The summed E-state index contributed by atoms with van der Waals surface area (Å²) in [6, 6.07) is 2.01. The van der Waals surface area contributed by atoms with Gasteiger partial charge in [0.05, 0.1) is 6.10 Å². The van der Waals surface area contributed by atoms with Gasteiger partial charge in [-0.25, -0.2) is 0 Å². The Hall–Kier alpha value is -0.810. The smallest absolute Gasteiger partial charge is 0.191 e. The first kappa shape index (κ1) is 16.1. The van der Waals surface area contributed by atoms with Crippen LogP contribution in [0.5, 0.6) is 0 Å². The number of rotatable bonds is 3. The second-order valence-electron chi connectivity index (χ2n) is 7.43. The first-order chi connectivity index (χ1) is 10.7. The Labute approximate surface area is 134 Å². The van der Waals surface area contributed by atoms with Gasteiger partial charge in [-0.2, -0.15) is 0 Å². The van der Waals surface area contributed by atoms with Gasteiger partial charge < -0.3 is 20.6 Å². The Morgan fingerprint density at radius 1 is 1.14 bits per heavy atom. The van der Waals surface area contributed by atoms with E-state index in [1.165, 1.54) is 32.1 Å². The molecule has 3 rings (SSSR count). The number of nitrogens with zero attached hydrogens (tertiary/aromatic N) is 2. The summed E-state index contributed by atoms with van der Waals surface area (Å²) in [7, 11) is 4.13. The maximum absolute atomic E-state index is 9.93. The number of hydrogen-bond donors (Lipinski definition) is 3. The van der Waals surface area contributed by atoms with Gasteiger partial charge in [0.15, 0.2) is 5.96 Å². The van der Waals surface area contributed by atoms with E-state index < -0.39 is 0 Å². The third-order valence-electron chi connectivity index (χ3n) is 6.05. The highest BCUT2D eigenvalue weighted by molar-refractivity contribution is 5.80. The average molecular weight is 308 g/mol. The van der Waals surface area contributed by atoms with Gasteiger partial charge in [-0.1, -0.05) is 12.8 Å². The van der Waals surface area contributed by atoms with Gasteiger partial charge in [-0.05, 0) is 45.6 Å². The fraction of sp³-hybridized carbons (Fsp3) is 0.941. The monoisotopic (exact) mass is 308 g/mol. The third-order valence-corrected chi connectivity index (χ3v) is 6.05. The van der Waals surface area contributed by atoms with Crippen molar-refractivity contribution in [3.63, 3.8) is 0 Å². The Balaban J connectivity index is 1.48. The topological polar surface area (TPSA) is 59.9 Å². The van der Waals surface area contributed by atoms with Gasteiger partial charge >= 0.3 is 0 Å². The van der Waals surface area contributed by atoms with Crippen molar-refractivity contribution in [1.82, 2.24) is 15.5 Å². The van der Waals surface area contributed by atoms with E-state index in [1.54, 1.807) is 0 Å². The van der Waals surface area contributed by atoms with Crippen LogP contribution < -0.4 is 10.6 Å². The molecule has 0 amide bonds. The zero-order chi connectivity index (χ0) is 15.5. The van der Waals surface area contributed by atoms with Crippen LogP contribution >= 0.6 is 0 Å². The van der Waals surface area contributed by atoms with Crippen LogP contribution in [-0.4, -0.2) is 60.8 Å². The quantitative estimate of drug-likeness (QED) is 0.544. The van der Waals surface area contributed by atoms with Gasteiger partial charge in [-0.15, -0.1) is 0 Å². The van der Waals surface area contributed by atoms with E-state index in [-0.39, 0.29) is 6.10 Å². The maximum Gasteiger partial charge on any atom is 0.191 e. The van der Waals surface area contributed by atoms with Crippen molar-refractivity contribution in [3.8, 4) is 0 Å². The first-order valence-electron chi connectivity index (χ1n) is 9.04. The lowest BCUT2D eigenvalue weighted by Gasteiger charge is -2.47. The number of aliphatic imine (C=N–C) groups is 1. The van der Waals surface area contributed by atoms with Crippen LogP contribution in [0.2, 0.25) is 0 Å². The molecule has 0 spiro atoms. The number of hydrogen-bond acceptors (Lipinski definition) is 3. The molecule has 126 valence electrons. The van der Waals surface area contributed by atoms with Crippen molar-refractivity contribution in [2.24, 2.45) is 10.9 Å². The number of fused-ring (bicyclic) bond motifs is 2. The van der Waals surface area contributed by atoms with Gasteiger partial charge in [0, 0.05) is 37.6 Å². The van der Waals surface area contributed by atoms with Crippen LogP contribution in [0.15, 0.2) is 4.99 Å². The lowest BCUT2D eigenvalue weighted by Crippen LogP contribution is -2.57. The highest BCUT2D eigenvalue weighted by Crippen LogP contribution is 2.32.